The van der Waals surface area contributed by atoms with Gasteiger partial charge in [0.1, 0.15) is 13.2 Å². The fourth-order valence-corrected chi connectivity index (χ4v) is 6.35. The first-order valence-electron chi connectivity index (χ1n) is 22.3. The number of hydrogen-bond acceptors (Lipinski definition) is 10. The van der Waals surface area contributed by atoms with Crippen LogP contribution >= 0.6 is 0 Å². The summed E-state index contributed by atoms with van der Waals surface area (Å²) in [5, 5.41) is 8.32. The van der Waals surface area contributed by atoms with Crippen LogP contribution < -0.4 is 27.4 Å². The van der Waals surface area contributed by atoms with Crippen LogP contribution in [0.15, 0.2) is 12.5 Å². The minimum atomic E-state index is -0.997. The topological polar surface area (TPSA) is 237 Å². The van der Waals surface area contributed by atoms with Crippen molar-refractivity contribution in [2.75, 3.05) is 72.5 Å². The van der Waals surface area contributed by atoms with Crippen molar-refractivity contribution in [2.24, 2.45) is 11.7 Å². The van der Waals surface area contributed by atoms with E-state index < -0.39 is 17.9 Å². The van der Waals surface area contributed by atoms with Crippen molar-refractivity contribution in [1.29, 1.82) is 0 Å². The van der Waals surface area contributed by atoms with Crippen molar-refractivity contribution in [3.63, 3.8) is 0 Å². The van der Waals surface area contributed by atoms with Crippen LogP contribution in [-0.2, 0) is 49.3 Å². The number of primary amides is 1. The second-order valence-corrected chi connectivity index (χ2v) is 15.2. The Morgan fingerprint density at radius 2 is 1.14 bits per heavy atom. The number of imidazole rings is 1. The van der Waals surface area contributed by atoms with Crippen LogP contribution in [0.4, 0.5) is 0 Å². The molecule has 0 saturated carbocycles. The average Bonchev–Trinajstić information content (AvgIpc) is 3.73. The zero-order chi connectivity index (χ0) is 43.0. The molecule has 0 fully saturated rings. The third-order valence-electron chi connectivity index (χ3n) is 9.87. The number of ketones is 1. The van der Waals surface area contributed by atoms with E-state index in [1.54, 1.807) is 6.20 Å². The highest BCUT2D eigenvalue weighted by molar-refractivity contribution is 5.89. The highest BCUT2D eigenvalue weighted by Gasteiger charge is 2.24. The number of carbonyl (C=O) groups is 5. The Labute approximate surface area is 353 Å². The number of aromatic nitrogens is 2. The number of nitrogens with one attached hydrogen (secondary N) is 5. The second kappa shape index (κ2) is 38.7. The maximum Gasteiger partial charge on any atom is 0.246 e. The molecule has 0 spiro atoms. The Bertz CT molecular complexity index is 1210. The Balaban J connectivity index is 1.83. The molecule has 0 unspecified atom stereocenters. The first kappa shape index (κ1) is 53.6. The molecule has 339 valence electrons. The standard InChI is InChI=1S/C43H78N7O9/c1-2-3-4-5-6-7-8-9-10-11-12-13-14-15-16-20-40(52)48-22-24-56-26-29-59-34-42(54)49-23-25-57-27-28-58-33-41(53)47-21-18-17-19-36(43(45)55)30-39(51)38(44)31-37-32-46-35-50-37/h32,35-36,38,44H,2-31,33-34H2,1H3,(H2,45,55)(H,46,50)(H,47,53)(H,48,52)(H,49,54)/t36-,38+/m1/s1. The summed E-state index contributed by atoms with van der Waals surface area (Å²) in [4.78, 5) is 66.9. The molecule has 59 heavy (non-hydrogen) atoms. The lowest BCUT2D eigenvalue weighted by molar-refractivity contribution is -0.128. The Morgan fingerprint density at radius 3 is 1.64 bits per heavy atom. The quantitative estimate of drug-likeness (QED) is 0.0577. The van der Waals surface area contributed by atoms with Gasteiger partial charge in [-0.2, -0.15) is 0 Å². The van der Waals surface area contributed by atoms with Gasteiger partial charge in [0, 0.05) is 56.7 Å². The summed E-state index contributed by atoms with van der Waals surface area (Å²) >= 11 is 0. The number of Topliss-reactive ketones (excluding diaryl/α,β-unsaturated/α-hetero) is 1. The van der Waals surface area contributed by atoms with E-state index in [-0.39, 0.29) is 76.0 Å². The minimum Gasteiger partial charge on any atom is -0.377 e. The first-order valence-corrected chi connectivity index (χ1v) is 22.3. The van der Waals surface area contributed by atoms with E-state index in [2.05, 4.69) is 32.8 Å². The highest BCUT2D eigenvalue weighted by Crippen LogP contribution is 2.16. The molecule has 2 atom stereocenters. The number of unbranched alkanes of at least 4 members (excludes halogenated alkanes) is 15. The van der Waals surface area contributed by atoms with Gasteiger partial charge < -0.3 is 45.6 Å². The predicted octanol–water partition coefficient (Wildman–Crippen LogP) is 4.51. The maximum absolute atomic E-state index is 12.4. The van der Waals surface area contributed by atoms with Gasteiger partial charge in [-0.25, -0.2) is 10.7 Å². The van der Waals surface area contributed by atoms with E-state index in [0.29, 0.717) is 64.2 Å². The summed E-state index contributed by atoms with van der Waals surface area (Å²) in [5.41, 5.74) is 14.2. The van der Waals surface area contributed by atoms with Crippen molar-refractivity contribution >= 4 is 29.4 Å². The number of H-pyrrole nitrogens is 1. The van der Waals surface area contributed by atoms with Crippen LogP contribution in [-0.4, -0.2) is 118 Å². The van der Waals surface area contributed by atoms with Crippen molar-refractivity contribution in [1.82, 2.24) is 31.7 Å². The van der Waals surface area contributed by atoms with Crippen LogP contribution in [0.25, 0.3) is 0 Å². The summed E-state index contributed by atoms with van der Waals surface area (Å²) in [6.45, 7) is 4.90. The van der Waals surface area contributed by atoms with Crippen LogP contribution in [0.5, 0.6) is 0 Å². The SMILES string of the molecule is CCCCCCCCCCCCCCCCCC(=O)NCCOCCOCC(=O)NCCOCCOCC(=O)NCCCC[C@H](CC(=O)[C@@H]([NH])Cc1cnc[nH]1)C(N)=O. The summed E-state index contributed by atoms with van der Waals surface area (Å²) in [6.07, 6.45) is 24.8. The lowest BCUT2D eigenvalue weighted by atomic mass is 9.92. The summed E-state index contributed by atoms with van der Waals surface area (Å²) in [5.74, 6) is -2.07. The number of amides is 4. The van der Waals surface area contributed by atoms with E-state index in [0.717, 1.165) is 12.8 Å². The van der Waals surface area contributed by atoms with E-state index in [4.69, 9.17) is 30.4 Å². The van der Waals surface area contributed by atoms with Crippen LogP contribution in [0.1, 0.15) is 141 Å². The molecule has 16 nitrogen and oxygen atoms in total. The second-order valence-electron chi connectivity index (χ2n) is 15.2. The zero-order valence-corrected chi connectivity index (χ0v) is 36.1. The largest absolute Gasteiger partial charge is 0.377 e. The third kappa shape index (κ3) is 34.0. The summed E-state index contributed by atoms with van der Waals surface area (Å²) in [7, 11) is 0. The molecule has 1 aromatic rings. The predicted molar refractivity (Wildman–Crippen MR) is 227 cm³/mol. The van der Waals surface area contributed by atoms with Crippen molar-refractivity contribution in [3.05, 3.63) is 18.2 Å². The Morgan fingerprint density at radius 1 is 0.644 bits per heavy atom. The van der Waals surface area contributed by atoms with E-state index in [9.17, 15) is 24.0 Å². The molecule has 16 heteroatoms. The van der Waals surface area contributed by atoms with Crippen LogP contribution in [0.2, 0.25) is 0 Å². The lowest BCUT2D eigenvalue weighted by Gasteiger charge is -2.15. The van der Waals surface area contributed by atoms with Gasteiger partial charge in [-0.15, -0.1) is 0 Å². The number of rotatable bonds is 43. The van der Waals surface area contributed by atoms with Gasteiger partial charge >= 0.3 is 0 Å². The monoisotopic (exact) mass is 837 g/mol. The molecule has 0 aromatic carbocycles. The van der Waals surface area contributed by atoms with Gasteiger partial charge in [0.15, 0.2) is 5.78 Å². The molecular formula is C43H78N7O9. The van der Waals surface area contributed by atoms with Gasteiger partial charge in [-0.05, 0) is 19.3 Å². The maximum atomic E-state index is 12.4. The lowest BCUT2D eigenvalue weighted by Crippen LogP contribution is -2.32. The van der Waals surface area contributed by atoms with Gasteiger partial charge in [0.2, 0.25) is 23.6 Å². The number of nitrogens with zero attached hydrogens (tertiary/aromatic N) is 1. The van der Waals surface area contributed by atoms with Crippen molar-refractivity contribution in [2.45, 2.75) is 148 Å². The number of ether oxygens (including phenoxy) is 4. The number of hydrogen-bond donors (Lipinski definition) is 5. The molecule has 1 heterocycles. The number of aromatic amines is 1. The van der Waals surface area contributed by atoms with Crippen LogP contribution in [0, 0.1) is 5.92 Å². The van der Waals surface area contributed by atoms with Crippen LogP contribution in [0.3, 0.4) is 0 Å². The minimum absolute atomic E-state index is 0.0596. The smallest absolute Gasteiger partial charge is 0.246 e. The van der Waals surface area contributed by atoms with Gasteiger partial charge in [0.25, 0.3) is 0 Å². The van der Waals surface area contributed by atoms with E-state index in [1.165, 1.54) is 89.8 Å². The number of carbonyl (C=O) groups excluding carboxylic acids is 5. The normalized spacial score (nSPS) is 12.2. The summed E-state index contributed by atoms with van der Waals surface area (Å²) in [6, 6.07) is -0.997. The molecule has 1 aromatic heterocycles. The van der Waals surface area contributed by atoms with Crippen molar-refractivity contribution < 1.29 is 42.9 Å². The fraction of sp³-hybridized carbons (Fsp3) is 0.814. The highest BCUT2D eigenvalue weighted by atomic mass is 16.5. The van der Waals surface area contributed by atoms with E-state index in [1.807, 2.05) is 0 Å². The zero-order valence-electron chi connectivity index (χ0n) is 36.1. The summed E-state index contributed by atoms with van der Waals surface area (Å²) < 4.78 is 21.5. The molecule has 1 radical (unpaired) electrons. The Hall–Kier alpha value is -3.44. The van der Waals surface area contributed by atoms with Gasteiger partial charge in [-0.3, -0.25) is 24.0 Å². The molecule has 1 rings (SSSR count). The molecular weight excluding hydrogens is 759 g/mol. The Kier molecular flexibility index (Phi) is 35.2. The fourth-order valence-electron chi connectivity index (χ4n) is 6.35. The molecule has 0 aliphatic rings. The third-order valence-corrected chi connectivity index (χ3v) is 9.87. The molecule has 0 saturated heterocycles. The molecule has 0 aliphatic carbocycles. The molecule has 4 amide bonds. The van der Waals surface area contributed by atoms with Gasteiger partial charge in [0.05, 0.1) is 52.0 Å². The number of nitrogens with two attached hydrogens (primary N) is 1. The van der Waals surface area contributed by atoms with E-state index >= 15 is 0 Å². The van der Waals surface area contributed by atoms with Gasteiger partial charge in [-0.1, -0.05) is 103 Å². The van der Waals surface area contributed by atoms with Crippen molar-refractivity contribution in [3.8, 4) is 0 Å². The first-order chi connectivity index (χ1) is 28.7. The molecule has 7 N–H and O–H groups in total. The average molecular weight is 837 g/mol. The molecule has 0 aliphatic heterocycles. The molecule has 0 bridgehead atoms.